The van der Waals surface area contributed by atoms with Crippen LogP contribution in [0, 0.1) is 0 Å². The highest BCUT2D eigenvalue weighted by Gasteiger charge is 2.28. The number of nitrogens with two attached hydrogens (primary N) is 1. The standard InChI is InChI=1S/C11H15N3O2S2/c12-11(17)13-6-8-14(9-7-13)18(15,16)10-4-2-1-3-5-10/h1-5H,6-9H2,(H2,12,17). The molecule has 18 heavy (non-hydrogen) atoms. The average molecular weight is 285 g/mol. The van der Waals surface area contributed by atoms with Crippen molar-refractivity contribution >= 4 is 27.4 Å². The summed E-state index contributed by atoms with van der Waals surface area (Å²) in [5, 5.41) is 0.326. The van der Waals surface area contributed by atoms with Crippen molar-refractivity contribution in [3.63, 3.8) is 0 Å². The molecule has 7 heteroatoms. The van der Waals surface area contributed by atoms with Crippen molar-refractivity contribution < 1.29 is 8.42 Å². The second kappa shape index (κ2) is 5.21. The number of piperazine rings is 1. The minimum absolute atomic E-state index is 0.326. The smallest absolute Gasteiger partial charge is 0.243 e. The van der Waals surface area contributed by atoms with E-state index in [0.717, 1.165) is 0 Å². The molecule has 2 rings (SSSR count). The molecule has 0 aliphatic carbocycles. The lowest BCUT2D eigenvalue weighted by molar-refractivity contribution is 0.267. The molecule has 1 aromatic carbocycles. The lowest BCUT2D eigenvalue weighted by Gasteiger charge is -2.34. The van der Waals surface area contributed by atoms with Gasteiger partial charge in [0.05, 0.1) is 4.90 Å². The van der Waals surface area contributed by atoms with Crippen molar-refractivity contribution in [2.75, 3.05) is 26.2 Å². The van der Waals surface area contributed by atoms with Gasteiger partial charge >= 0.3 is 0 Å². The van der Waals surface area contributed by atoms with Gasteiger partial charge in [0.15, 0.2) is 5.11 Å². The van der Waals surface area contributed by atoms with Crippen LogP contribution < -0.4 is 5.73 Å². The molecule has 1 fully saturated rings. The minimum atomic E-state index is -3.39. The van der Waals surface area contributed by atoms with Gasteiger partial charge in [0.1, 0.15) is 0 Å². The third kappa shape index (κ3) is 2.63. The summed E-state index contributed by atoms with van der Waals surface area (Å²) < 4.78 is 26.1. The maximum absolute atomic E-state index is 12.3. The van der Waals surface area contributed by atoms with Crippen molar-refractivity contribution in [2.45, 2.75) is 4.90 Å². The number of nitrogens with zero attached hydrogens (tertiary/aromatic N) is 2. The predicted octanol–water partition coefficient (Wildman–Crippen LogP) is 0.236. The predicted molar refractivity (Wildman–Crippen MR) is 73.6 cm³/mol. The van der Waals surface area contributed by atoms with Gasteiger partial charge in [0, 0.05) is 26.2 Å². The van der Waals surface area contributed by atoms with E-state index in [1.807, 2.05) is 4.90 Å². The Bertz CT molecular complexity index is 522. The van der Waals surface area contributed by atoms with Crippen molar-refractivity contribution in [2.24, 2.45) is 5.73 Å². The van der Waals surface area contributed by atoms with Crippen LogP contribution in [0.25, 0.3) is 0 Å². The summed E-state index contributed by atoms with van der Waals surface area (Å²) in [5.41, 5.74) is 5.52. The second-order valence-electron chi connectivity index (χ2n) is 4.04. The van der Waals surface area contributed by atoms with E-state index in [9.17, 15) is 8.42 Å². The molecule has 5 nitrogen and oxygen atoms in total. The molecule has 1 aromatic rings. The largest absolute Gasteiger partial charge is 0.376 e. The Morgan fingerprint density at radius 1 is 1.11 bits per heavy atom. The first-order chi connectivity index (χ1) is 8.51. The van der Waals surface area contributed by atoms with Crippen LogP contribution in [0.15, 0.2) is 35.2 Å². The number of rotatable bonds is 2. The maximum atomic E-state index is 12.3. The van der Waals surface area contributed by atoms with Gasteiger partial charge in [0.2, 0.25) is 10.0 Å². The van der Waals surface area contributed by atoms with Crippen LogP contribution in [0.2, 0.25) is 0 Å². The molecule has 0 bridgehead atoms. The van der Waals surface area contributed by atoms with Gasteiger partial charge in [-0.15, -0.1) is 0 Å². The topological polar surface area (TPSA) is 66.6 Å². The summed E-state index contributed by atoms with van der Waals surface area (Å²) in [5.74, 6) is 0. The van der Waals surface area contributed by atoms with E-state index in [2.05, 4.69) is 0 Å². The van der Waals surface area contributed by atoms with Gasteiger partial charge in [-0.3, -0.25) is 0 Å². The Hall–Kier alpha value is -1.18. The van der Waals surface area contributed by atoms with Gasteiger partial charge in [-0.2, -0.15) is 4.31 Å². The second-order valence-corrected chi connectivity index (χ2v) is 6.40. The molecule has 2 N–H and O–H groups in total. The first-order valence-electron chi connectivity index (χ1n) is 5.61. The molecular formula is C11H15N3O2S2. The maximum Gasteiger partial charge on any atom is 0.243 e. The van der Waals surface area contributed by atoms with Crippen LogP contribution in [0.4, 0.5) is 0 Å². The monoisotopic (exact) mass is 285 g/mol. The molecule has 0 radical (unpaired) electrons. The van der Waals surface area contributed by atoms with Crippen molar-refractivity contribution in [1.82, 2.24) is 9.21 Å². The minimum Gasteiger partial charge on any atom is -0.376 e. The summed E-state index contributed by atoms with van der Waals surface area (Å²) in [7, 11) is -3.39. The molecule has 0 aromatic heterocycles. The molecule has 1 saturated heterocycles. The van der Waals surface area contributed by atoms with Gasteiger partial charge in [-0.1, -0.05) is 18.2 Å². The molecule has 0 amide bonds. The summed E-state index contributed by atoms with van der Waals surface area (Å²) in [6.07, 6.45) is 0. The molecule has 1 heterocycles. The fourth-order valence-corrected chi connectivity index (χ4v) is 3.52. The number of hydrogen-bond donors (Lipinski definition) is 1. The van der Waals surface area contributed by atoms with Crippen molar-refractivity contribution in [3.8, 4) is 0 Å². The lowest BCUT2D eigenvalue weighted by Crippen LogP contribution is -2.51. The first kappa shape index (κ1) is 13.3. The fourth-order valence-electron chi connectivity index (χ4n) is 1.89. The van der Waals surface area contributed by atoms with Gasteiger partial charge in [-0.25, -0.2) is 8.42 Å². The molecular weight excluding hydrogens is 270 g/mol. The third-order valence-corrected chi connectivity index (χ3v) is 5.10. The molecule has 0 saturated carbocycles. The summed E-state index contributed by atoms with van der Waals surface area (Å²) in [6.45, 7) is 1.91. The van der Waals surface area contributed by atoms with E-state index in [-0.39, 0.29) is 0 Å². The number of thiocarbonyl (C=S) groups is 1. The number of sulfonamides is 1. The molecule has 1 aliphatic rings. The quantitative estimate of drug-likeness (QED) is 0.788. The highest BCUT2D eigenvalue weighted by Crippen LogP contribution is 2.16. The van der Waals surface area contributed by atoms with E-state index in [0.29, 0.717) is 36.2 Å². The Balaban J connectivity index is 2.12. The Kier molecular flexibility index (Phi) is 3.84. The van der Waals surface area contributed by atoms with Crippen LogP contribution in [-0.4, -0.2) is 48.9 Å². The lowest BCUT2D eigenvalue weighted by atomic mass is 10.4. The fraction of sp³-hybridized carbons (Fsp3) is 0.364. The van der Waals surface area contributed by atoms with E-state index in [1.165, 1.54) is 4.31 Å². The zero-order valence-electron chi connectivity index (χ0n) is 9.82. The molecule has 1 aliphatic heterocycles. The Labute approximate surface area is 112 Å². The van der Waals surface area contributed by atoms with Crippen molar-refractivity contribution in [1.29, 1.82) is 0 Å². The Morgan fingerprint density at radius 2 is 1.67 bits per heavy atom. The number of hydrogen-bond acceptors (Lipinski definition) is 3. The highest BCUT2D eigenvalue weighted by atomic mass is 32.2. The highest BCUT2D eigenvalue weighted by molar-refractivity contribution is 7.89. The summed E-state index contributed by atoms with van der Waals surface area (Å²) in [4.78, 5) is 2.14. The van der Waals surface area contributed by atoms with Crippen LogP contribution in [0.1, 0.15) is 0 Å². The van der Waals surface area contributed by atoms with Crippen LogP contribution in [-0.2, 0) is 10.0 Å². The molecule has 0 atom stereocenters. The zero-order valence-corrected chi connectivity index (χ0v) is 11.5. The van der Waals surface area contributed by atoms with Gasteiger partial charge < -0.3 is 10.6 Å². The van der Waals surface area contributed by atoms with E-state index in [1.54, 1.807) is 30.3 Å². The normalized spacial score (nSPS) is 17.7. The molecule has 0 spiro atoms. The third-order valence-electron chi connectivity index (χ3n) is 2.93. The summed E-state index contributed by atoms with van der Waals surface area (Å²) in [6, 6.07) is 8.45. The SMILES string of the molecule is NC(=S)N1CCN(S(=O)(=O)c2ccccc2)CC1. The van der Waals surface area contributed by atoms with Crippen LogP contribution in [0.3, 0.4) is 0 Å². The average Bonchev–Trinajstić information content (AvgIpc) is 2.40. The van der Waals surface area contributed by atoms with Gasteiger partial charge in [0.25, 0.3) is 0 Å². The zero-order chi connectivity index (χ0) is 13.2. The Morgan fingerprint density at radius 3 is 2.17 bits per heavy atom. The van der Waals surface area contributed by atoms with Crippen LogP contribution >= 0.6 is 12.2 Å². The van der Waals surface area contributed by atoms with Gasteiger partial charge in [-0.05, 0) is 24.4 Å². The molecule has 98 valence electrons. The van der Waals surface area contributed by atoms with E-state index >= 15 is 0 Å². The van der Waals surface area contributed by atoms with Crippen LogP contribution in [0.5, 0.6) is 0 Å². The van der Waals surface area contributed by atoms with E-state index < -0.39 is 10.0 Å². The van der Waals surface area contributed by atoms with Crippen molar-refractivity contribution in [3.05, 3.63) is 30.3 Å². The summed E-state index contributed by atoms with van der Waals surface area (Å²) >= 11 is 4.88. The first-order valence-corrected chi connectivity index (χ1v) is 7.46. The van der Waals surface area contributed by atoms with E-state index in [4.69, 9.17) is 18.0 Å². The number of benzene rings is 1. The molecule has 0 unspecified atom stereocenters.